The van der Waals surface area contributed by atoms with E-state index in [2.05, 4.69) is 45.3 Å². The summed E-state index contributed by atoms with van der Waals surface area (Å²) in [5, 5.41) is 12.0. The fourth-order valence-electron chi connectivity index (χ4n) is 2.07. The van der Waals surface area contributed by atoms with Crippen molar-refractivity contribution in [3.05, 3.63) is 22.7 Å². The molecule has 0 bridgehead atoms. The normalized spacial score (nSPS) is 11.2. The summed E-state index contributed by atoms with van der Waals surface area (Å²) < 4.78 is 2.79. The maximum absolute atomic E-state index is 5.86. The van der Waals surface area contributed by atoms with Crippen LogP contribution in [0.3, 0.4) is 0 Å². The first-order valence-electron chi connectivity index (χ1n) is 6.46. The van der Waals surface area contributed by atoms with Gasteiger partial charge in [-0.25, -0.2) is 4.68 Å². The molecule has 0 aliphatic rings. The molecule has 2 aromatic rings. The minimum Gasteiger partial charge on any atom is -0.399 e. The van der Waals surface area contributed by atoms with Crippen LogP contribution >= 0.6 is 15.9 Å². The van der Waals surface area contributed by atoms with Gasteiger partial charge in [-0.3, -0.25) is 0 Å². The van der Waals surface area contributed by atoms with Crippen LogP contribution in [0.15, 0.2) is 22.7 Å². The van der Waals surface area contributed by atoms with Crippen LogP contribution in [0.4, 0.5) is 5.69 Å². The molecule has 1 heterocycles. The summed E-state index contributed by atoms with van der Waals surface area (Å²) >= 11 is 3.44. The molecule has 6 heteroatoms. The summed E-state index contributed by atoms with van der Waals surface area (Å²) in [6.07, 6.45) is 2.24. The number of rotatable bonds is 5. The van der Waals surface area contributed by atoms with Gasteiger partial charge in [0.05, 0.1) is 0 Å². The third kappa shape index (κ3) is 3.32. The van der Waals surface area contributed by atoms with Crippen molar-refractivity contribution in [2.75, 3.05) is 5.73 Å². The first-order chi connectivity index (χ1) is 9.13. The second-order valence-electron chi connectivity index (χ2n) is 4.64. The van der Waals surface area contributed by atoms with Gasteiger partial charge in [-0.05, 0) is 34.5 Å². The molecule has 5 nitrogen and oxygen atoms in total. The molecule has 0 aliphatic carbocycles. The van der Waals surface area contributed by atoms with Crippen LogP contribution in [0.1, 0.15) is 26.7 Å². The molecule has 0 saturated heterocycles. The molecule has 0 radical (unpaired) electrons. The van der Waals surface area contributed by atoms with Gasteiger partial charge in [-0.2, -0.15) is 0 Å². The van der Waals surface area contributed by atoms with Crippen molar-refractivity contribution in [2.24, 2.45) is 5.92 Å². The lowest BCUT2D eigenvalue weighted by atomic mass is 10.0. The molecule has 0 fully saturated rings. The Morgan fingerprint density at radius 3 is 2.63 bits per heavy atom. The van der Waals surface area contributed by atoms with Gasteiger partial charge in [0.1, 0.15) is 0 Å². The maximum Gasteiger partial charge on any atom is 0.182 e. The van der Waals surface area contributed by atoms with E-state index in [1.165, 1.54) is 0 Å². The number of hydrogen-bond acceptors (Lipinski definition) is 4. The topological polar surface area (TPSA) is 69.6 Å². The minimum atomic E-state index is 0.590. The van der Waals surface area contributed by atoms with Crippen molar-refractivity contribution in [3.63, 3.8) is 0 Å². The lowest BCUT2D eigenvalue weighted by Gasteiger charge is -2.13. The maximum atomic E-state index is 5.86. The Morgan fingerprint density at radius 1 is 1.26 bits per heavy atom. The van der Waals surface area contributed by atoms with Crippen LogP contribution in [0.5, 0.6) is 0 Å². The number of aromatic nitrogens is 4. The summed E-state index contributed by atoms with van der Waals surface area (Å²) in [6, 6.07) is 5.73. The van der Waals surface area contributed by atoms with E-state index in [0.29, 0.717) is 11.6 Å². The molecule has 2 rings (SSSR count). The highest BCUT2D eigenvalue weighted by molar-refractivity contribution is 9.10. The molecule has 0 saturated carbocycles. The Hall–Kier alpha value is -1.43. The number of tetrazole rings is 1. The Bertz CT molecular complexity index is 527. The largest absolute Gasteiger partial charge is 0.399 e. The van der Waals surface area contributed by atoms with Crippen molar-refractivity contribution >= 4 is 21.6 Å². The predicted molar refractivity (Wildman–Crippen MR) is 79.4 cm³/mol. The van der Waals surface area contributed by atoms with E-state index in [4.69, 9.17) is 5.73 Å². The molecule has 0 spiro atoms. The summed E-state index contributed by atoms with van der Waals surface area (Å²) in [4.78, 5) is 0. The second-order valence-corrected chi connectivity index (χ2v) is 5.56. The van der Waals surface area contributed by atoms with E-state index in [9.17, 15) is 0 Å². The lowest BCUT2D eigenvalue weighted by molar-refractivity contribution is 0.392. The smallest absolute Gasteiger partial charge is 0.182 e. The lowest BCUT2D eigenvalue weighted by Crippen LogP contribution is -2.12. The van der Waals surface area contributed by atoms with Gasteiger partial charge in [-0.1, -0.05) is 42.6 Å². The standard InChI is InChI=1S/C13H18BrN5/c1-3-9(4-2)8-19-13(16-17-18-19)10-5-11(14)7-12(15)6-10/h5-7,9H,3-4,8,15H2,1-2H3. The van der Waals surface area contributed by atoms with Crippen molar-refractivity contribution < 1.29 is 0 Å². The van der Waals surface area contributed by atoms with E-state index >= 15 is 0 Å². The fourth-order valence-corrected chi connectivity index (χ4v) is 2.58. The Balaban J connectivity index is 2.33. The number of nitrogens with two attached hydrogens (primary N) is 1. The first-order valence-corrected chi connectivity index (χ1v) is 7.26. The van der Waals surface area contributed by atoms with E-state index in [0.717, 1.165) is 35.2 Å². The number of halogens is 1. The fraction of sp³-hybridized carbons (Fsp3) is 0.462. The predicted octanol–water partition coefficient (Wildman–Crippen LogP) is 3.12. The minimum absolute atomic E-state index is 0.590. The first kappa shape index (κ1) is 14.0. The van der Waals surface area contributed by atoms with Crippen molar-refractivity contribution in [1.29, 1.82) is 0 Å². The third-order valence-corrected chi connectivity index (χ3v) is 3.75. The Kier molecular flexibility index (Phi) is 4.52. The number of anilines is 1. The SMILES string of the molecule is CCC(CC)Cn1nnnc1-c1cc(N)cc(Br)c1. The van der Waals surface area contributed by atoms with Gasteiger partial charge >= 0.3 is 0 Å². The molecular weight excluding hydrogens is 306 g/mol. The van der Waals surface area contributed by atoms with Gasteiger partial charge < -0.3 is 5.73 Å². The summed E-state index contributed by atoms with van der Waals surface area (Å²) in [5.74, 6) is 1.35. The zero-order valence-corrected chi connectivity index (χ0v) is 12.8. The molecule has 0 amide bonds. The zero-order chi connectivity index (χ0) is 13.8. The van der Waals surface area contributed by atoms with Gasteiger partial charge in [-0.15, -0.1) is 5.10 Å². The van der Waals surface area contributed by atoms with Crippen LogP contribution < -0.4 is 5.73 Å². The van der Waals surface area contributed by atoms with E-state index in [-0.39, 0.29) is 0 Å². The number of nitrogens with zero attached hydrogens (tertiary/aromatic N) is 4. The molecule has 19 heavy (non-hydrogen) atoms. The van der Waals surface area contributed by atoms with Crippen LogP contribution in [-0.2, 0) is 6.54 Å². The van der Waals surface area contributed by atoms with Gasteiger partial charge in [0.25, 0.3) is 0 Å². The average Bonchev–Trinajstić information content (AvgIpc) is 2.82. The monoisotopic (exact) mass is 323 g/mol. The molecule has 2 N–H and O–H groups in total. The molecular formula is C13H18BrN5. The summed E-state index contributed by atoms with van der Waals surface area (Å²) in [7, 11) is 0. The third-order valence-electron chi connectivity index (χ3n) is 3.30. The van der Waals surface area contributed by atoms with E-state index in [1.807, 2.05) is 22.9 Å². The van der Waals surface area contributed by atoms with Crippen molar-refractivity contribution in [1.82, 2.24) is 20.2 Å². The number of hydrogen-bond donors (Lipinski definition) is 1. The van der Waals surface area contributed by atoms with Gasteiger partial charge in [0.2, 0.25) is 0 Å². The molecule has 1 aromatic heterocycles. The van der Waals surface area contributed by atoms with Crippen LogP contribution in [0.2, 0.25) is 0 Å². The highest BCUT2D eigenvalue weighted by atomic mass is 79.9. The molecule has 0 atom stereocenters. The average molecular weight is 324 g/mol. The Morgan fingerprint density at radius 2 is 2.00 bits per heavy atom. The molecule has 1 aromatic carbocycles. The quantitative estimate of drug-likeness (QED) is 0.858. The van der Waals surface area contributed by atoms with Crippen LogP contribution in [0.25, 0.3) is 11.4 Å². The Labute approximate surface area is 121 Å². The van der Waals surface area contributed by atoms with E-state index in [1.54, 1.807) is 0 Å². The van der Waals surface area contributed by atoms with Crippen molar-refractivity contribution in [3.8, 4) is 11.4 Å². The van der Waals surface area contributed by atoms with E-state index < -0.39 is 0 Å². The van der Waals surface area contributed by atoms with Crippen molar-refractivity contribution in [2.45, 2.75) is 33.2 Å². The summed E-state index contributed by atoms with van der Waals surface area (Å²) in [5.41, 5.74) is 7.49. The van der Waals surface area contributed by atoms with Crippen LogP contribution in [-0.4, -0.2) is 20.2 Å². The highest BCUT2D eigenvalue weighted by Gasteiger charge is 2.13. The highest BCUT2D eigenvalue weighted by Crippen LogP contribution is 2.25. The molecule has 0 aliphatic heterocycles. The molecule has 0 unspecified atom stereocenters. The molecule has 102 valence electrons. The number of nitrogen functional groups attached to an aromatic ring is 1. The summed E-state index contributed by atoms with van der Waals surface area (Å²) in [6.45, 7) is 5.21. The zero-order valence-electron chi connectivity index (χ0n) is 11.2. The van der Waals surface area contributed by atoms with Crippen LogP contribution in [0, 0.1) is 5.92 Å². The van der Waals surface area contributed by atoms with Gasteiger partial charge in [0.15, 0.2) is 5.82 Å². The number of benzene rings is 1. The second kappa shape index (κ2) is 6.14. The van der Waals surface area contributed by atoms with Gasteiger partial charge in [0, 0.05) is 22.3 Å².